The fourth-order valence-corrected chi connectivity index (χ4v) is 3.75. The first-order valence-electron chi connectivity index (χ1n) is 10.8. The number of carbonyl (C=O) groups is 1. The lowest BCUT2D eigenvalue weighted by Gasteiger charge is -2.33. The van der Waals surface area contributed by atoms with Crippen molar-refractivity contribution in [2.45, 2.75) is 12.6 Å². The molecule has 9 nitrogen and oxygen atoms in total. The third-order valence-corrected chi connectivity index (χ3v) is 5.41. The minimum Gasteiger partial charge on any atom is -0.496 e. The first-order chi connectivity index (χ1) is 16.1. The van der Waals surface area contributed by atoms with Gasteiger partial charge in [0.2, 0.25) is 5.91 Å². The van der Waals surface area contributed by atoms with Crippen molar-refractivity contribution in [1.82, 2.24) is 24.8 Å². The molecule has 0 aliphatic carbocycles. The topological polar surface area (TPSA) is 92.7 Å². The number of hydrogen-bond acceptors (Lipinski definition) is 8. The van der Waals surface area contributed by atoms with E-state index in [1.165, 1.54) is 0 Å². The fraction of sp³-hybridized carbons (Fsp3) is 0.333. The van der Waals surface area contributed by atoms with Crippen molar-refractivity contribution in [1.29, 1.82) is 0 Å². The van der Waals surface area contributed by atoms with E-state index in [2.05, 4.69) is 20.3 Å². The van der Waals surface area contributed by atoms with E-state index in [-0.39, 0.29) is 12.0 Å². The molecule has 1 aliphatic heterocycles. The Kier molecular flexibility index (Phi) is 7.43. The van der Waals surface area contributed by atoms with E-state index in [9.17, 15) is 4.79 Å². The first-order valence-corrected chi connectivity index (χ1v) is 10.8. The van der Waals surface area contributed by atoms with E-state index in [1.807, 2.05) is 53.2 Å². The second-order valence-corrected chi connectivity index (χ2v) is 7.87. The van der Waals surface area contributed by atoms with Gasteiger partial charge in [0.15, 0.2) is 0 Å². The number of hydrogen-bond donors (Lipinski definition) is 1. The van der Waals surface area contributed by atoms with Gasteiger partial charge in [-0.1, -0.05) is 18.2 Å². The van der Waals surface area contributed by atoms with Crippen LogP contribution < -0.4 is 10.1 Å². The van der Waals surface area contributed by atoms with Crippen LogP contribution in [0.1, 0.15) is 17.4 Å². The summed E-state index contributed by atoms with van der Waals surface area (Å²) in [6.45, 7) is 2.48. The first kappa shape index (κ1) is 22.6. The predicted octanol–water partition coefficient (Wildman–Crippen LogP) is 2.66. The van der Waals surface area contributed by atoms with Crippen LogP contribution in [0.3, 0.4) is 0 Å². The Hall–Kier alpha value is -3.56. The van der Waals surface area contributed by atoms with Gasteiger partial charge < -0.3 is 19.7 Å². The van der Waals surface area contributed by atoms with Gasteiger partial charge in [0.1, 0.15) is 17.7 Å². The summed E-state index contributed by atoms with van der Waals surface area (Å²) in [6.07, 6.45) is 6.37. The molecule has 2 aromatic heterocycles. The number of amides is 1. The highest BCUT2D eigenvalue weighted by Crippen LogP contribution is 2.23. The molecule has 1 saturated heterocycles. The summed E-state index contributed by atoms with van der Waals surface area (Å²) in [4.78, 5) is 29.5. The maximum absolute atomic E-state index is 12.9. The number of nitrogens with zero attached hydrogens (tertiary/aromatic N) is 5. The monoisotopic (exact) mass is 448 g/mol. The predicted molar refractivity (Wildman–Crippen MR) is 124 cm³/mol. The molecule has 1 aliphatic rings. The second-order valence-electron chi connectivity index (χ2n) is 7.87. The molecule has 0 radical (unpaired) electrons. The molecule has 1 N–H and O–H groups in total. The minimum absolute atomic E-state index is 0.0710. The number of rotatable bonds is 8. The number of likely N-dealkylation sites (N-methyl/N-ethyl adjacent to an activating group) is 1. The number of anilines is 2. The Labute approximate surface area is 193 Å². The van der Waals surface area contributed by atoms with Gasteiger partial charge in [0.05, 0.1) is 50.6 Å². The average molecular weight is 449 g/mol. The Bertz CT molecular complexity index is 1050. The maximum Gasteiger partial charge on any atom is 0.236 e. The molecule has 172 valence electrons. The summed E-state index contributed by atoms with van der Waals surface area (Å²) in [5, 5.41) is 3.15. The van der Waals surface area contributed by atoms with Gasteiger partial charge in [-0.15, -0.1) is 0 Å². The second kappa shape index (κ2) is 10.8. The molecule has 0 spiro atoms. The third-order valence-electron chi connectivity index (χ3n) is 5.41. The molecule has 0 saturated carbocycles. The van der Waals surface area contributed by atoms with Gasteiger partial charge in [-0.25, -0.2) is 4.98 Å². The normalized spacial score (nSPS) is 16.0. The zero-order valence-electron chi connectivity index (χ0n) is 18.8. The van der Waals surface area contributed by atoms with E-state index >= 15 is 0 Å². The van der Waals surface area contributed by atoms with E-state index < -0.39 is 0 Å². The molecule has 3 heterocycles. The van der Waals surface area contributed by atoms with Gasteiger partial charge in [-0.05, 0) is 25.2 Å². The number of benzene rings is 1. The Morgan fingerprint density at radius 3 is 2.85 bits per heavy atom. The largest absolute Gasteiger partial charge is 0.496 e. The van der Waals surface area contributed by atoms with Crippen LogP contribution in [-0.4, -0.2) is 71.1 Å². The molecule has 4 rings (SSSR count). The van der Waals surface area contributed by atoms with E-state index in [0.717, 1.165) is 22.7 Å². The van der Waals surface area contributed by atoms with Gasteiger partial charge in [-0.2, -0.15) is 0 Å². The third kappa shape index (κ3) is 6.03. The molecular weight excluding hydrogens is 420 g/mol. The van der Waals surface area contributed by atoms with E-state index in [1.54, 1.807) is 31.9 Å². The van der Waals surface area contributed by atoms with Crippen molar-refractivity contribution < 1.29 is 14.3 Å². The Balaban J connectivity index is 1.32. The van der Waals surface area contributed by atoms with Crippen molar-refractivity contribution in [3.8, 4) is 5.75 Å². The van der Waals surface area contributed by atoms with Crippen molar-refractivity contribution in [2.75, 3.05) is 45.7 Å². The van der Waals surface area contributed by atoms with Gasteiger partial charge >= 0.3 is 0 Å². The molecule has 9 heteroatoms. The van der Waals surface area contributed by atoms with E-state index in [4.69, 9.17) is 9.47 Å². The molecule has 1 atom stereocenters. The number of ether oxygens (including phenoxy) is 2. The number of para-hydroxylation sites is 1. The van der Waals surface area contributed by atoms with Crippen molar-refractivity contribution in [3.05, 3.63) is 72.4 Å². The lowest BCUT2D eigenvalue weighted by atomic mass is 10.1. The highest BCUT2D eigenvalue weighted by molar-refractivity contribution is 5.78. The van der Waals surface area contributed by atoms with Crippen LogP contribution >= 0.6 is 0 Å². The zero-order chi connectivity index (χ0) is 23.0. The van der Waals surface area contributed by atoms with Crippen LogP contribution in [0.5, 0.6) is 5.75 Å². The summed E-state index contributed by atoms with van der Waals surface area (Å²) in [7, 11) is 3.59. The standard InChI is InChI=1S/C24H28N6O3/c1-29(15-18-5-3-4-6-21(18)32-2)17-24(31)30-11-12-33-22(16-30)20-8-7-19(13-27-20)28-23-14-25-9-10-26-23/h3-10,13-14,22H,11-12,15-17H2,1-2H3,(H,26,28). The molecular formula is C24H28N6O3. The fourth-order valence-electron chi connectivity index (χ4n) is 3.75. The Morgan fingerprint density at radius 1 is 1.21 bits per heavy atom. The van der Waals surface area contributed by atoms with Crippen molar-refractivity contribution in [2.24, 2.45) is 0 Å². The van der Waals surface area contributed by atoms with Crippen molar-refractivity contribution in [3.63, 3.8) is 0 Å². The van der Waals surface area contributed by atoms with Gasteiger partial charge in [0.25, 0.3) is 0 Å². The number of morpholine rings is 1. The smallest absolute Gasteiger partial charge is 0.236 e. The lowest BCUT2D eigenvalue weighted by Crippen LogP contribution is -2.46. The summed E-state index contributed by atoms with van der Waals surface area (Å²) in [6, 6.07) is 11.7. The summed E-state index contributed by atoms with van der Waals surface area (Å²) < 4.78 is 11.3. The van der Waals surface area contributed by atoms with Crippen LogP contribution in [0.4, 0.5) is 11.5 Å². The molecule has 1 amide bonds. The number of pyridine rings is 1. The number of aromatic nitrogens is 3. The summed E-state index contributed by atoms with van der Waals surface area (Å²) in [5.41, 5.74) is 2.65. The lowest BCUT2D eigenvalue weighted by molar-refractivity contribution is -0.140. The molecule has 33 heavy (non-hydrogen) atoms. The molecule has 3 aromatic rings. The molecule has 1 unspecified atom stereocenters. The molecule has 1 fully saturated rings. The molecule has 1 aromatic carbocycles. The SMILES string of the molecule is COc1ccccc1CN(C)CC(=O)N1CCOC(c2ccc(Nc3cnccn3)cn2)C1. The van der Waals surface area contributed by atoms with Crippen LogP contribution in [0.2, 0.25) is 0 Å². The summed E-state index contributed by atoms with van der Waals surface area (Å²) >= 11 is 0. The Morgan fingerprint density at radius 2 is 2.09 bits per heavy atom. The quantitative estimate of drug-likeness (QED) is 0.562. The summed E-state index contributed by atoms with van der Waals surface area (Å²) in [5.74, 6) is 1.54. The average Bonchev–Trinajstić information content (AvgIpc) is 2.85. The molecule has 0 bridgehead atoms. The van der Waals surface area contributed by atoms with Gasteiger partial charge in [0, 0.05) is 31.0 Å². The highest BCUT2D eigenvalue weighted by Gasteiger charge is 2.27. The van der Waals surface area contributed by atoms with Crippen LogP contribution in [0.25, 0.3) is 0 Å². The van der Waals surface area contributed by atoms with Crippen LogP contribution in [0.15, 0.2) is 61.2 Å². The van der Waals surface area contributed by atoms with Crippen LogP contribution in [0, 0.1) is 0 Å². The highest BCUT2D eigenvalue weighted by atomic mass is 16.5. The van der Waals surface area contributed by atoms with E-state index in [0.29, 0.717) is 38.6 Å². The number of carbonyl (C=O) groups excluding carboxylic acids is 1. The number of methoxy groups -OCH3 is 1. The van der Waals surface area contributed by atoms with Crippen LogP contribution in [-0.2, 0) is 16.1 Å². The minimum atomic E-state index is -0.257. The number of nitrogens with one attached hydrogen (secondary N) is 1. The van der Waals surface area contributed by atoms with Gasteiger partial charge in [-0.3, -0.25) is 19.7 Å². The zero-order valence-corrected chi connectivity index (χ0v) is 18.8. The van der Waals surface area contributed by atoms with Crippen molar-refractivity contribution >= 4 is 17.4 Å². The maximum atomic E-state index is 12.9.